The Bertz CT molecular complexity index is 1020. The summed E-state index contributed by atoms with van der Waals surface area (Å²) in [4.78, 5) is 24.0. The van der Waals surface area contributed by atoms with Crippen molar-refractivity contribution < 1.29 is 23.4 Å². The lowest BCUT2D eigenvalue weighted by Crippen LogP contribution is -2.10. The van der Waals surface area contributed by atoms with Gasteiger partial charge in [-0.2, -0.15) is 0 Å². The molecule has 0 bridgehead atoms. The predicted octanol–water partition coefficient (Wildman–Crippen LogP) is 4.94. The number of hydrogen-bond acceptors (Lipinski definition) is 6. The molecule has 0 saturated heterocycles. The molecule has 0 saturated carbocycles. The van der Waals surface area contributed by atoms with E-state index in [0.717, 1.165) is 0 Å². The molecule has 0 spiro atoms. The average Bonchev–Trinajstić information content (AvgIpc) is 2.64. The summed E-state index contributed by atoms with van der Waals surface area (Å²) in [5.74, 6) is 0.505. The van der Waals surface area contributed by atoms with Crippen LogP contribution < -0.4 is 14.9 Å². The molecule has 0 N–H and O–H groups in total. The molecule has 0 fully saturated rings. The number of para-hydroxylation sites is 1. The Morgan fingerprint density at radius 1 is 1.19 bits per heavy atom. The van der Waals surface area contributed by atoms with Gasteiger partial charge >= 0.3 is 6.16 Å². The maximum Gasteiger partial charge on any atom is 0.514 e. The maximum atomic E-state index is 12.5. The van der Waals surface area contributed by atoms with Crippen molar-refractivity contribution in [3.8, 4) is 17.2 Å². The molecule has 6 nitrogen and oxygen atoms in total. The Balaban J connectivity index is 1.87. The smallest absolute Gasteiger partial charge is 0.460 e. The minimum Gasteiger partial charge on any atom is -0.460 e. The van der Waals surface area contributed by atoms with Gasteiger partial charge in [-0.1, -0.05) is 36.4 Å². The second kappa shape index (κ2) is 7.76. The molecule has 26 heavy (non-hydrogen) atoms. The van der Waals surface area contributed by atoms with E-state index in [-0.39, 0.29) is 34.5 Å². The van der Waals surface area contributed by atoms with Gasteiger partial charge in [0, 0.05) is 6.07 Å². The minimum atomic E-state index is -0.884. The van der Waals surface area contributed by atoms with Crippen molar-refractivity contribution in [1.29, 1.82) is 0 Å². The number of carbonyl (C=O) groups is 1. The van der Waals surface area contributed by atoms with E-state index < -0.39 is 6.16 Å². The first-order valence-corrected chi connectivity index (χ1v) is 7.89. The third-order valence-electron chi connectivity index (χ3n) is 3.29. The fraction of sp³-hybridized carbons (Fsp3) is 0.0526. The third kappa shape index (κ3) is 3.87. The van der Waals surface area contributed by atoms with Crippen LogP contribution in [0.3, 0.4) is 0 Å². The summed E-state index contributed by atoms with van der Waals surface area (Å²) in [6.07, 6.45) is 1.71. The van der Waals surface area contributed by atoms with E-state index in [4.69, 9.17) is 30.2 Å². The number of benzene rings is 2. The molecule has 0 aliphatic carbocycles. The fourth-order valence-corrected chi connectivity index (χ4v) is 2.30. The number of halogens is 1. The van der Waals surface area contributed by atoms with Gasteiger partial charge < -0.3 is 18.6 Å². The van der Waals surface area contributed by atoms with Crippen LogP contribution in [0, 0.1) is 0 Å². The van der Waals surface area contributed by atoms with E-state index in [2.05, 4.69) is 6.58 Å². The maximum absolute atomic E-state index is 12.5. The highest BCUT2D eigenvalue weighted by molar-refractivity contribution is 6.32. The van der Waals surface area contributed by atoms with E-state index in [1.54, 1.807) is 24.3 Å². The second-order valence-electron chi connectivity index (χ2n) is 5.07. The van der Waals surface area contributed by atoms with Crippen molar-refractivity contribution in [2.45, 2.75) is 0 Å². The number of hydrogen-bond donors (Lipinski definition) is 0. The first kappa shape index (κ1) is 17.6. The zero-order valence-corrected chi connectivity index (χ0v) is 14.2. The highest BCUT2D eigenvalue weighted by Gasteiger charge is 2.13. The van der Waals surface area contributed by atoms with Gasteiger partial charge in [0.2, 0.25) is 11.2 Å². The van der Waals surface area contributed by atoms with Crippen molar-refractivity contribution in [3.63, 3.8) is 0 Å². The summed E-state index contributed by atoms with van der Waals surface area (Å²) >= 11 is 6.03. The van der Waals surface area contributed by atoms with Gasteiger partial charge in [-0.3, -0.25) is 4.79 Å². The monoisotopic (exact) mass is 372 g/mol. The van der Waals surface area contributed by atoms with Crippen LogP contribution in [-0.4, -0.2) is 12.8 Å². The molecule has 2 aromatic carbocycles. The summed E-state index contributed by atoms with van der Waals surface area (Å²) < 4.78 is 20.7. The third-order valence-corrected chi connectivity index (χ3v) is 3.60. The van der Waals surface area contributed by atoms with Crippen molar-refractivity contribution >= 4 is 28.7 Å². The summed E-state index contributed by atoms with van der Waals surface area (Å²) in [5.41, 5.74) is -0.150. The van der Waals surface area contributed by atoms with E-state index in [1.165, 1.54) is 30.5 Å². The number of fused-ring (bicyclic) bond motifs is 1. The van der Waals surface area contributed by atoms with Crippen molar-refractivity contribution in [2.75, 3.05) is 6.61 Å². The molecule has 0 aliphatic heterocycles. The molecule has 1 aromatic heterocycles. The van der Waals surface area contributed by atoms with Crippen LogP contribution in [0.15, 0.2) is 70.6 Å². The van der Waals surface area contributed by atoms with Crippen LogP contribution in [-0.2, 0) is 4.74 Å². The standard InChI is InChI=1S/C19H13ClO6/c1-2-9-23-19(22)25-12-7-8-13-16(10-12)24-11-17(18(13)21)26-15-6-4-3-5-14(15)20/h2-8,10-11H,1,9H2. The van der Waals surface area contributed by atoms with Crippen molar-refractivity contribution in [1.82, 2.24) is 0 Å². The topological polar surface area (TPSA) is 75.0 Å². The Morgan fingerprint density at radius 2 is 2.00 bits per heavy atom. The molecule has 3 aromatic rings. The molecule has 132 valence electrons. The van der Waals surface area contributed by atoms with Gasteiger partial charge in [-0.05, 0) is 24.3 Å². The first-order valence-electron chi connectivity index (χ1n) is 7.52. The Kier molecular flexibility index (Phi) is 5.24. The lowest BCUT2D eigenvalue weighted by Gasteiger charge is -2.08. The van der Waals surface area contributed by atoms with Gasteiger partial charge in [0.05, 0.1) is 10.4 Å². The molecule has 0 atom stereocenters. The second-order valence-corrected chi connectivity index (χ2v) is 5.48. The molecule has 0 aliphatic rings. The Labute approximate surface area is 153 Å². The molecule has 0 unspecified atom stereocenters. The minimum absolute atomic E-state index is 0.00957. The molecule has 0 amide bonds. The van der Waals surface area contributed by atoms with Crippen molar-refractivity contribution in [3.05, 3.63) is 76.6 Å². The number of ether oxygens (including phenoxy) is 3. The van der Waals surface area contributed by atoms with E-state index >= 15 is 0 Å². The SMILES string of the molecule is C=CCOC(=O)Oc1ccc2c(=O)c(Oc3ccccc3Cl)coc2c1. The largest absolute Gasteiger partial charge is 0.514 e. The lowest BCUT2D eigenvalue weighted by molar-refractivity contribution is 0.109. The van der Waals surface area contributed by atoms with Gasteiger partial charge in [0.1, 0.15) is 30.0 Å². The summed E-state index contributed by atoms with van der Waals surface area (Å²) in [6.45, 7) is 3.46. The fourth-order valence-electron chi connectivity index (χ4n) is 2.12. The highest BCUT2D eigenvalue weighted by Crippen LogP contribution is 2.29. The molecule has 7 heteroatoms. The van der Waals surface area contributed by atoms with E-state index in [9.17, 15) is 9.59 Å². The zero-order chi connectivity index (χ0) is 18.5. The van der Waals surface area contributed by atoms with Crippen LogP contribution in [0.4, 0.5) is 4.79 Å². The number of carbonyl (C=O) groups excluding carboxylic acids is 1. The molecule has 0 radical (unpaired) electrons. The lowest BCUT2D eigenvalue weighted by atomic mass is 10.2. The van der Waals surface area contributed by atoms with Crippen LogP contribution in [0.5, 0.6) is 17.2 Å². The molecule has 3 rings (SSSR count). The van der Waals surface area contributed by atoms with Crippen molar-refractivity contribution in [2.24, 2.45) is 0 Å². The number of rotatable bonds is 5. The molecule has 1 heterocycles. The van der Waals surface area contributed by atoms with Crippen LogP contribution in [0.1, 0.15) is 0 Å². The predicted molar refractivity (Wildman–Crippen MR) is 96.2 cm³/mol. The van der Waals surface area contributed by atoms with Gasteiger partial charge in [-0.15, -0.1) is 0 Å². The highest BCUT2D eigenvalue weighted by atomic mass is 35.5. The first-order chi connectivity index (χ1) is 12.6. The molecular weight excluding hydrogens is 360 g/mol. The van der Waals surface area contributed by atoms with E-state index in [1.807, 2.05) is 0 Å². The Hall–Kier alpha value is -3.25. The van der Waals surface area contributed by atoms with Gasteiger partial charge in [-0.25, -0.2) is 4.79 Å². The average molecular weight is 373 g/mol. The van der Waals surface area contributed by atoms with E-state index in [0.29, 0.717) is 10.8 Å². The van der Waals surface area contributed by atoms with Crippen LogP contribution in [0.25, 0.3) is 11.0 Å². The quantitative estimate of drug-likeness (QED) is 0.358. The van der Waals surface area contributed by atoms with Gasteiger partial charge in [0.15, 0.2) is 0 Å². The van der Waals surface area contributed by atoms with Gasteiger partial charge in [0.25, 0.3) is 0 Å². The summed E-state index contributed by atoms with van der Waals surface area (Å²) in [7, 11) is 0. The Morgan fingerprint density at radius 3 is 2.77 bits per heavy atom. The van der Waals surface area contributed by atoms with Crippen LogP contribution in [0.2, 0.25) is 5.02 Å². The normalized spacial score (nSPS) is 10.3. The zero-order valence-electron chi connectivity index (χ0n) is 13.4. The van der Waals surface area contributed by atoms with Crippen LogP contribution >= 0.6 is 11.6 Å². The summed E-state index contributed by atoms with van der Waals surface area (Å²) in [6, 6.07) is 11.1. The molecular formula is C19H13ClO6. The summed E-state index contributed by atoms with van der Waals surface area (Å²) in [5, 5.41) is 0.634.